The summed E-state index contributed by atoms with van der Waals surface area (Å²) in [5.74, 6) is -1.28. The summed E-state index contributed by atoms with van der Waals surface area (Å²) >= 11 is 0. The third kappa shape index (κ3) is 2.25. The number of halogens is 2. The van der Waals surface area contributed by atoms with E-state index in [1.54, 1.807) is 24.3 Å². The highest BCUT2D eigenvalue weighted by Crippen LogP contribution is 2.25. The van der Waals surface area contributed by atoms with E-state index in [0.717, 1.165) is 6.07 Å². The summed E-state index contributed by atoms with van der Waals surface area (Å²) in [4.78, 5) is 12.5. The van der Waals surface area contributed by atoms with Crippen molar-refractivity contribution in [2.24, 2.45) is 0 Å². The number of carbonyl (C=O) groups is 1. The minimum absolute atomic E-state index is 0.0905. The lowest BCUT2D eigenvalue weighted by Gasteiger charge is -2.07. The van der Waals surface area contributed by atoms with Crippen molar-refractivity contribution in [3.05, 3.63) is 77.4 Å². The lowest BCUT2D eigenvalue weighted by Crippen LogP contribution is -2.04. The van der Waals surface area contributed by atoms with Crippen molar-refractivity contribution < 1.29 is 13.6 Å². The minimum Gasteiger partial charge on any atom is -0.396 e. The third-order valence-corrected chi connectivity index (χ3v) is 3.37. The summed E-state index contributed by atoms with van der Waals surface area (Å²) in [6.45, 7) is 0. The molecule has 0 bridgehead atoms. The summed E-state index contributed by atoms with van der Waals surface area (Å²) in [6, 6.07) is 13.2. The molecule has 0 fully saturated rings. The molecule has 0 aromatic heterocycles. The van der Waals surface area contributed by atoms with Crippen LogP contribution in [0.4, 0.5) is 14.5 Å². The number of nitrogens with two attached hydrogens (primary N) is 1. The highest BCUT2D eigenvalue weighted by atomic mass is 19.1. The molecule has 2 nitrogen and oxygen atoms in total. The molecule has 0 saturated heterocycles. The van der Waals surface area contributed by atoms with Gasteiger partial charge in [-0.25, -0.2) is 8.78 Å². The quantitative estimate of drug-likeness (QED) is 0.572. The van der Waals surface area contributed by atoms with Gasteiger partial charge in [0.25, 0.3) is 0 Å². The van der Waals surface area contributed by atoms with E-state index in [0.29, 0.717) is 16.3 Å². The zero-order valence-electron chi connectivity index (χ0n) is 10.9. The Morgan fingerprint density at radius 1 is 0.857 bits per heavy atom. The second-order valence-corrected chi connectivity index (χ2v) is 4.71. The van der Waals surface area contributed by atoms with E-state index in [2.05, 4.69) is 0 Å². The molecule has 0 aliphatic rings. The molecular formula is C17H11F2NO. The van der Waals surface area contributed by atoms with Crippen LogP contribution in [0.15, 0.2) is 54.6 Å². The van der Waals surface area contributed by atoms with Crippen LogP contribution in [0.25, 0.3) is 10.8 Å². The van der Waals surface area contributed by atoms with Gasteiger partial charge in [0.2, 0.25) is 0 Å². The molecule has 3 aromatic carbocycles. The van der Waals surface area contributed by atoms with E-state index < -0.39 is 5.82 Å². The Morgan fingerprint density at radius 3 is 2.24 bits per heavy atom. The highest BCUT2D eigenvalue weighted by Gasteiger charge is 2.15. The molecule has 104 valence electrons. The average Bonchev–Trinajstić information content (AvgIpc) is 2.50. The van der Waals surface area contributed by atoms with Gasteiger partial charge in [-0.2, -0.15) is 0 Å². The molecule has 0 aliphatic heterocycles. The summed E-state index contributed by atoms with van der Waals surface area (Å²) in [7, 11) is 0. The average molecular weight is 283 g/mol. The largest absolute Gasteiger partial charge is 0.396 e. The Bertz CT molecular complexity index is 859. The fourth-order valence-electron chi connectivity index (χ4n) is 2.30. The van der Waals surface area contributed by atoms with E-state index >= 15 is 0 Å². The van der Waals surface area contributed by atoms with Crippen molar-refractivity contribution in [1.29, 1.82) is 0 Å². The first-order valence-corrected chi connectivity index (χ1v) is 6.35. The highest BCUT2D eigenvalue weighted by molar-refractivity contribution is 6.16. The predicted octanol–water partition coefficient (Wildman–Crippen LogP) is 3.93. The zero-order valence-corrected chi connectivity index (χ0v) is 10.9. The number of ketones is 1. The van der Waals surface area contributed by atoms with Crippen LogP contribution in [0.5, 0.6) is 0 Å². The standard InChI is InChI=1S/C17H11F2NO/c18-14-8-6-13(11-3-1-2-4-12(11)14)17(21)10-5-7-15(19)16(20)9-10/h1-9H,20H2. The summed E-state index contributed by atoms with van der Waals surface area (Å²) in [5, 5.41) is 0.892. The van der Waals surface area contributed by atoms with Crippen LogP contribution in [0.1, 0.15) is 15.9 Å². The first-order valence-electron chi connectivity index (χ1n) is 6.35. The maximum atomic E-state index is 13.8. The van der Waals surface area contributed by atoms with Crippen LogP contribution in [-0.2, 0) is 0 Å². The Kier molecular flexibility index (Phi) is 3.14. The molecule has 3 aromatic rings. The van der Waals surface area contributed by atoms with Gasteiger partial charge < -0.3 is 5.73 Å². The molecule has 0 radical (unpaired) electrons. The molecule has 0 atom stereocenters. The molecule has 0 heterocycles. The maximum Gasteiger partial charge on any atom is 0.193 e. The van der Waals surface area contributed by atoms with Crippen molar-refractivity contribution in [2.45, 2.75) is 0 Å². The Hall–Kier alpha value is -2.75. The fourth-order valence-corrected chi connectivity index (χ4v) is 2.30. The smallest absolute Gasteiger partial charge is 0.193 e. The van der Waals surface area contributed by atoms with Gasteiger partial charge >= 0.3 is 0 Å². The van der Waals surface area contributed by atoms with Crippen LogP contribution in [0.2, 0.25) is 0 Å². The Labute approximate surface area is 119 Å². The van der Waals surface area contributed by atoms with Gasteiger partial charge in [-0.05, 0) is 35.7 Å². The first-order chi connectivity index (χ1) is 10.1. The second-order valence-electron chi connectivity index (χ2n) is 4.71. The number of rotatable bonds is 2. The Morgan fingerprint density at radius 2 is 1.52 bits per heavy atom. The van der Waals surface area contributed by atoms with Crippen LogP contribution in [0.3, 0.4) is 0 Å². The summed E-state index contributed by atoms with van der Waals surface area (Å²) in [6.07, 6.45) is 0. The van der Waals surface area contributed by atoms with Gasteiger partial charge in [-0.3, -0.25) is 4.79 Å². The van der Waals surface area contributed by atoms with E-state index in [1.165, 1.54) is 24.3 Å². The summed E-state index contributed by atoms with van der Waals surface area (Å²) < 4.78 is 27.0. The van der Waals surface area contributed by atoms with Gasteiger partial charge in [0.1, 0.15) is 11.6 Å². The molecular weight excluding hydrogens is 272 g/mol. The third-order valence-electron chi connectivity index (χ3n) is 3.37. The van der Waals surface area contributed by atoms with Crippen molar-refractivity contribution >= 4 is 22.2 Å². The molecule has 0 aliphatic carbocycles. The van der Waals surface area contributed by atoms with E-state index in [1.807, 2.05) is 0 Å². The number of carbonyl (C=O) groups excluding carboxylic acids is 1. The molecule has 0 saturated carbocycles. The number of anilines is 1. The van der Waals surface area contributed by atoms with Crippen LogP contribution in [-0.4, -0.2) is 5.78 Å². The van der Waals surface area contributed by atoms with E-state index in [9.17, 15) is 13.6 Å². The Balaban J connectivity index is 2.18. The normalized spacial score (nSPS) is 10.8. The maximum absolute atomic E-state index is 13.8. The molecule has 0 unspecified atom stereocenters. The number of hydrogen-bond donors (Lipinski definition) is 1. The summed E-state index contributed by atoms with van der Waals surface area (Å²) in [5.41, 5.74) is 6.02. The second kappa shape index (κ2) is 4.98. The first kappa shape index (κ1) is 13.2. The monoisotopic (exact) mass is 283 g/mol. The van der Waals surface area contributed by atoms with Crippen molar-refractivity contribution in [3.63, 3.8) is 0 Å². The number of nitrogen functional groups attached to an aromatic ring is 1. The van der Waals surface area contributed by atoms with Gasteiger partial charge in [-0.15, -0.1) is 0 Å². The topological polar surface area (TPSA) is 43.1 Å². The molecule has 21 heavy (non-hydrogen) atoms. The van der Waals surface area contributed by atoms with Crippen LogP contribution >= 0.6 is 0 Å². The van der Waals surface area contributed by atoms with Gasteiger partial charge in [0.15, 0.2) is 5.78 Å². The molecule has 3 rings (SSSR count). The van der Waals surface area contributed by atoms with Crippen LogP contribution in [0, 0.1) is 11.6 Å². The minimum atomic E-state index is -0.574. The SMILES string of the molecule is Nc1cc(C(=O)c2ccc(F)c3ccccc23)ccc1F. The number of fused-ring (bicyclic) bond motifs is 1. The van der Waals surface area contributed by atoms with Crippen molar-refractivity contribution in [1.82, 2.24) is 0 Å². The van der Waals surface area contributed by atoms with Gasteiger partial charge in [0.05, 0.1) is 5.69 Å². The molecule has 0 amide bonds. The molecule has 0 spiro atoms. The zero-order chi connectivity index (χ0) is 15.0. The molecule has 4 heteroatoms. The fraction of sp³-hybridized carbons (Fsp3) is 0. The number of benzene rings is 3. The van der Waals surface area contributed by atoms with E-state index in [-0.39, 0.29) is 22.9 Å². The molecule has 2 N–H and O–H groups in total. The van der Waals surface area contributed by atoms with Gasteiger partial charge in [-0.1, -0.05) is 24.3 Å². The van der Waals surface area contributed by atoms with E-state index in [4.69, 9.17) is 5.73 Å². The number of hydrogen-bond acceptors (Lipinski definition) is 2. The lowest BCUT2D eigenvalue weighted by atomic mass is 9.96. The van der Waals surface area contributed by atoms with Crippen molar-refractivity contribution in [2.75, 3.05) is 5.73 Å². The van der Waals surface area contributed by atoms with Crippen LogP contribution < -0.4 is 5.73 Å². The van der Waals surface area contributed by atoms with Gasteiger partial charge in [0, 0.05) is 16.5 Å². The predicted molar refractivity (Wildman–Crippen MR) is 78.2 cm³/mol. The lowest BCUT2D eigenvalue weighted by molar-refractivity contribution is 0.104. The van der Waals surface area contributed by atoms with Crippen molar-refractivity contribution in [3.8, 4) is 0 Å².